The molecule has 8 nitrogen and oxygen atoms in total. The van der Waals surface area contributed by atoms with Crippen LogP contribution >= 0.6 is 12.2 Å². The van der Waals surface area contributed by atoms with Crippen molar-refractivity contribution in [3.63, 3.8) is 0 Å². The van der Waals surface area contributed by atoms with Gasteiger partial charge in [-0.15, -0.1) is 0 Å². The van der Waals surface area contributed by atoms with Crippen molar-refractivity contribution in [3.8, 4) is 11.5 Å². The molecule has 0 radical (unpaired) electrons. The zero-order valence-corrected chi connectivity index (χ0v) is 16.0. The number of likely N-dealkylation sites (N-methyl/N-ethyl adjacent to an activating group) is 2. The van der Waals surface area contributed by atoms with Gasteiger partial charge in [-0.25, -0.2) is 4.79 Å². The van der Waals surface area contributed by atoms with E-state index in [1.54, 1.807) is 26.0 Å². The zero-order valence-electron chi connectivity index (χ0n) is 15.2. The predicted molar refractivity (Wildman–Crippen MR) is 101 cm³/mol. The molecule has 2 rings (SSSR count). The lowest BCUT2D eigenvalue weighted by Gasteiger charge is -2.35. The predicted octanol–water partition coefficient (Wildman–Crippen LogP) is 1.54. The fraction of sp³-hybridized carbons (Fsp3) is 0.333. The summed E-state index contributed by atoms with van der Waals surface area (Å²) in [6.45, 7) is 3.75. The van der Waals surface area contributed by atoms with E-state index < -0.39 is 24.4 Å². The van der Waals surface area contributed by atoms with Crippen molar-refractivity contribution in [1.82, 2.24) is 9.80 Å². The molecule has 9 heteroatoms. The minimum atomic E-state index is -1.11. The fourth-order valence-corrected chi connectivity index (χ4v) is 3.01. The number of carboxylic acid groups (broad SMARTS) is 1. The average molecular weight is 392 g/mol. The SMILES string of the molecule is CCN1C(=O)C(=Cc2ccc(OCC(=O)O)c(OC)c2)C(=O)N(CC)C1=S. The molecule has 1 saturated heterocycles. The minimum Gasteiger partial charge on any atom is -0.493 e. The standard InChI is InChI=1S/C18H20N2O6S/c1-4-19-16(23)12(17(24)20(5-2)18(19)27)8-11-6-7-13(14(9-11)25-3)26-10-15(21)22/h6-9H,4-5,10H2,1-3H3,(H,21,22). The van der Waals surface area contributed by atoms with Gasteiger partial charge >= 0.3 is 5.97 Å². The number of thiocarbonyl (C=S) groups is 1. The van der Waals surface area contributed by atoms with E-state index in [1.807, 2.05) is 0 Å². The summed E-state index contributed by atoms with van der Waals surface area (Å²) in [4.78, 5) is 38.7. The highest BCUT2D eigenvalue weighted by Crippen LogP contribution is 2.30. The molecule has 144 valence electrons. The summed E-state index contributed by atoms with van der Waals surface area (Å²) in [5, 5.41) is 8.91. The van der Waals surface area contributed by atoms with Crippen molar-refractivity contribution >= 4 is 41.2 Å². The van der Waals surface area contributed by atoms with E-state index in [9.17, 15) is 14.4 Å². The molecule has 0 bridgehead atoms. The van der Waals surface area contributed by atoms with Crippen LogP contribution in [0, 0.1) is 0 Å². The maximum Gasteiger partial charge on any atom is 0.341 e. The third-order valence-corrected chi connectivity index (χ3v) is 4.34. The van der Waals surface area contributed by atoms with Gasteiger partial charge in [0.1, 0.15) is 5.57 Å². The van der Waals surface area contributed by atoms with Crippen molar-refractivity contribution in [2.75, 3.05) is 26.8 Å². The molecule has 1 aromatic carbocycles. The molecule has 1 aliphatic heterocycles. The Labute approximate surface area is 161 Å². The van der Waals surface area contributed by atoms with Gasteiger partial charge in [0.15, 0.2) is 23.2 Å². The van der Waals surface area contributed by atoms with Crippen molar-refractivity contribution < 1.29 is 29.0 Å². The molecule has 0 unspecified atom stereocenters. The van der Waals surface area contributed by atoms with Crippen LogP contribution < -0.4 is 9.47 Å². The maximum atomic E-state index is 12.6. The van der Waals surface area contributed by atoms with Crippen LogP contribution in [0.3, 0.4) is 0 Å². The highest BCUT2D eigenvalue weighted by molar-refractivity contribution is 7.80. The third kappa shape index (κ3) is 4.25. The number of nitrogens with zero attached hydrogens (tertiary/aromatic N) is 2. The average Bonchev–Trinajstić information content (AvgIpc) is 2.64. The van der Waals surface area contributed by atoms with Gasteiger partial charge in [-0.1, -0.05) is 6.07 Å². The number of methoxy groups -OCH3 is 1. The van der Waals surface area contributed by atoms with E-state index in [-0.39, 0.29) is 22.2 Å². The molecular formula is C18H20N2O6S. The first-order valence-electron chi connectivity index (χ1n) is 8.26. The zero-order chi connectivity index (χ0) is 20.1. The quantitative estimate of drug-likeness (QED) is 0.427. The number of amides is 2. The van der Waals surface area contributed by atoms with Crippen LogP contribution in [-0.2, 0) is 14.4 Å². The molecule has 2 amide bonds. The van der Waals surface area contributed by atoms with Crippen LogP contribution in [-0.4, -0.2) is 64.6 Å². The summed E-state index contributed by atoms with van der Waals surface area (Å²) in [6, 6.07) is 4.68. The van der Waals surface area contributed by atoms with Crippen molar-refractivity contribution in [2.45, 2.75) is 13.8 Å². The Kier molecular flexibility index (Phi) is 6.51. The Bertz CT molecular complexity index is 792. The molecule has 1 heterocycles. The van der Waals surface area contributed by atoms with Crippen molar-refractivity contribution in [2.24, 2.45) is 0 Å². The smallest absolute Gasteiger partial charge is 0.341 e. The fourth-order valence-electron chi connectivity index (χ4n) is 2.58. The number of hydrogen-bond acceptors (Lipinski definition) is 6. The minimum absolute atomic E-state index is 0.00597. The second-order valence-corrected chi connectivity index (χ2v) is 5.90. The van der Waals surface area contributed by atoms with E-state index in [4.69, 9.17) is 26.8 Å². The normalized spacial score (nSPS) is 14.5. The van der Waals surface area contributed by atoms with Gasteiger partial charge in [-0.2, -0.15) is 0 Å². The van der Waals surface area contributed by atoms with Gasteiger partial charge in [-0.3, -0.25) is 19.4 Å². The summed E-state index contributed by atoms with van der Waals surface area (Å²) in [5.74, 6) is -1.49. The van der Waals surface area contributed by atoms with Gasteiger partial charge in [0.25, 0.3) is 11.8 Å². The van der Waals surface area contributed by atoms with Gasteiger partial charge < -0.3 is 14.6 Å². The highest BCUT2D eigenvalue weighted by atomic mass is 32.1. The number of hydrogen-bond donors (Lipinski definition) is 1. The lowest BCUT2D eigenvalue weighted by molar-refractivity contribution is -0.139. The van der Waals surface area contributed by atoms with Crippen LogP contribution in [0.1, 0.15) is 19.4 Å². The maximum absolute atomic E-state index is 12.6. The summed E-state index contributed by atoms with van der Waals surface area (Å²) in [7, 11) is 1.41. The summed E-state index contributed by atoms with van der Waals surface area (Å²) >= 11 is 5.22. The van der Waals surface area contributed by atoms with Gasteiger partial charge in [0.2, 0.25) is 0 Å². The molecule has 1 fully saturated rings. The Morgan fingerprint density at radius 2 is 1.74 bits per heavy atom. The first-order chi connectivity index (χ1) is 12.8. The Hall–Kier alpha value is -2.94. The second-order valence-electron chi connectivity index (χ2n) is 5.53. The van der Waals surface area contributed by atoms with E-state index in [2.05, 4.69) is 0 Å². The molecule has 0 atom stereocenters. The molecule has 1 N–H and O–H groups in total. The Morgan fingerprint density at radius 1 is 1.15 bits per heavy atom. The Morgan fingerprint density at radius 3 is 2.22 bits per heavy atom. The van der Waals surface area contributed by atoms with Crippen LogP contribution in [0.2, 0.25) is 0 Å². The lowest BCUT2D eigenvalue weighted by Crippen LogP contribution is -2.55. The number of ether oxygens (including phenoxy) is 2. The second kappa shape index (κ2) is 8.63. The molecule has 0 aromatic heterocycles. The van der Waals surface area contributed by atoms with E-state index in [0.717, 1.165) is 0 Å². The molecule has 1 aromatic rings. The van der Waals surface area contributed by atoms with E-state index >= 15 is 0 Å². The van der Waals surface area contributed by atoms with E-state index in [0.29, 0.717) is 18.7 Å². The summed E-state index contributed by atoms with van der Waals surface area (Å²) in [5.41, 5.74) is 0.528. The number of carbonyl (C=O) groups is 3. The molecule has 0 aliphatic carbocycles. The number of benzene rings is 1. The number of rotatable bonds is 7. The van der Waals surface area contributed by atoms with Crippen LogP contribution in [0.4, 0.5) is 0 Å². The van der Waals surface area contributed by atoms with E-state index in [1.165, 1.54) is 29.1 Å². The monoisotopic (exact) mass is 392 g/mol. The number of aliphatic carboxylic acids is 1. The summed E-state index contributed by atoms with van der Waals surface area (Å²) in [6.07, 6.45) is 1.46. The van der Waals surface area contributed by atoms with Crippen molar-refractivity contribution in [3.05, 3.63) is 29.3 Å². The van der Waals surface area contributed by atoms with Gasteiger partial charge in [-0.05, 0) is 49.8 Å². The molecule has 0 spiro atoms. The first-order valence-corrected chi connectivity index (χ1v) is 8.66. The Balaban J connectivity index is 2.40. The third-order valence-electron chi connectivity index (χ3n) is 3.90. The van der Waals surface area contributed by atoms with Gasteiger partial charge in [0.05, 0.1) is 7.11 Å². The topological polar surface area (TPSA) is 96.4 Å². The van der Waals surface area contributed by atoms with Gasteiger partial charge in [0, 0.05) is 13.1 Å². The summed E-state index contributed by atoms with van der Waals surface area (Å²) < 4.78 is 10.4. The molecule has 0 saturated carbocycles. The first kappa shape index (κ1) is 20.4. The number of carboxylic acids is 1. The lowest BCUT2D eigenvalue weighted by atomic mass is 10.1. The molecular weight excluding hydrogens is 372 g/mol. The molecule has 27 heavy (non-hydrogen) atoms. The largest absolute Gasteiger partial charge is 0.493 e. The highest BCUT2D eigenvalue weighted by Gasteiger charge is 2.37. The van der Waals surface area contributed by atoms with Crippen LogP contribution in [0.15, 0.2) is 23.8 Å². The van der Waals surface area contributed by atoms with Crippen LogP contribution in [0.25, 0.3) is 6.08 Å². The van der Waals surface area contributed by atoms with Crippen LogP contribution in [0.5, 0.6) is 11.5 Å². The van der Waals surface area contributed by atoms with Crippen molar-refractivity contribution in [1.29, 1.82) is 0 Å². The molecule has 1 aliphatic rings. The number of carbonyl (C=O) groups excluding carboxylic acids is 2.